The third-order valence-electron chi connectivity index (χ3n) is 2.09. The number of nitrogens with two attached hydrogens (primary N) is 1. The summed E-state index contributed by atoms with van der Waals surface area (Å²) in [7, 11) is 0. The van der Waals surface area contributed by atoms with Crippen LogP contribution in [0.3, 0.4) is 0 Å². The normalized spacial score (nSPS) is 10.4. The van der Waals surface area contributed by atoms with Gasteiger partial charge in [-0.25, -0.2) is 4.98 Å². The van der Waals surface area contributed by atoms with Crippen LogP contribution >= 0.6 is 27.7 Å². The predicted molar refractivity (Wildman–Crippen MR) is 70.4 cm³/mol. The van der Waals surface area contributed by atoms with Gasteiger partial charge in [0, 0.05) is 22.1 Å². The monoisotopic (exact) mass is 294 g/mol. The van der Waals surface area contributed by atoms with Gasteiger partial charge in [-0.05, 0) is 35.9 Å². The van der Waals surface area contributed by atoms with Crippen LogP contribution in [0.25, 0.3) is 0 Å². The predicted octanol–water partition coefficient (Wildman–Crippen LogP) is 3.45. The molecule has 0 aliphatic rings. The third-order valence-corrected chi connectivity index (χ3v) is 3.66. The third kappa shape index (κ3) is 2.84. The topological polar surface area (TPSA) is 38.9 Å². The Hall–Kier alpha value is -0.840. The fourth-order valence-electron chi connectivity index (χ4n) is 1.33. The van der Waals surface area contributed by atoms with Gasteiger partial charge >= 0.3 is 0 Å². The summed E-state index contributed by atoms with van der Waals surface area (Å²) in [6, 6.07) is 12.0. The Morgan fingerprint density at radius 3 is 2.81 bits per heavy atom. The maximum atomic E-state index is 5.72. The van der Waals surface area contributed by atoms with E-state index in [1.165, 1.54) is 0 Å². The molecule has 2 N–H and O–H groups in total. The van der Waals surface area contributed by atoms with Crippen LogP contribution < -0.4 is 5.73 Å². The maximum Gasteiger partial charge on any atom is 0.101 e. The lowest BCUT2D eigenvalue weighted by Gasteiger charge is -2.07. The molecule has 0 amide bonds. The molecule has 0 aliphatic carbocycles. The van der Waals surface area contributed by atoms with Gasteiger partial charge in [0.25, 0.3) is 0 Å². The molecule has 2 aromatic rings. The summed E-state index contributed by atoms with van der Waals surface area (Å²) >= 11 is 5.08. The van der Waals surface area contributed by atoms with Gasteiger partial charge in [0.15, 0.2) is 0 Å². The molecule has 0 bridgehead atoms. The van der Waals surface area contributed by atoms with Crippen LogP contribution in [0.2, 0.25) is 0 Å². The van der Waals surface area contributed by atoms with E-state index in [0.29, 0.717) is 6.54 Å². The second-order valence-electron chi connectivity index (χ2n) is 3.23. The lowest BCUT2D eigenvalue weighted by Crippen LogP contribution is -1.98. The van der Waals surface area contributed by atoms with Crippen molar-refractivity contribution in [2.45, 2.75) is 16.5 Å². The smallest absolute Gasteiger partial charge is 0.101 e. The van der Waals surface area contributed by atoms with Crippen molar-refractivity contribution in [2.24, 2.45) is 5.73 Å². The van der Waals surface area contributed by atoms with Gasteiger partial charge in [-0.1, -0.05) is 33.8 Å². The summed E-state index contributed by atoms with van der Waals surface area (Å²) in [6.45, 7) is 0.536. The van der Waals surface area contributed by atoms with Crippen molar-refractivity contribution in [1.29, 1.82) is 0 Å². The van der Waals surface area contributed by atoms with Crippen molar-refractivity contribution in [2.75, 3.05) is 0 Å². The molecule has 16 heavy (non-hydrogen) atoms. The molecule has 4 heteroatoms. The van der Waals surface area contributed by atoms with Crippen molar-refractivity contribution >= 4 is 27.7 Å². The minimum atomic E-state index is 0.536. The van der Waals surface area contributed by atoms with E-state index >= 15 is 0 Å². The molecule has 0 saturated heterocycles. The van der Waals surface area contributed by atoms with Crippen LogP contribution in [0.4, 0.5) is 0 Å². The first-order valence-electron chi connectivity index (χ1n) is 4.87. The summed E-state index contributed by atoms with van der Waals surface area (Å²) < 4.78 is 1.05. The highest BCUT2D eigenvalue weighted by Gasteiger charge is 2.04. The van der Waals surface area contributed by atoms with Crippen molar-refractivity contribution in [3.05, 3.63) is 52.6 Å². The van der Waals surface area contributed by atoms with Crippen LogP contribution in [0.15, 0.2) is 57.0 Å². The van der Waals surface area contributed by atoms with Crippen LogP contribution in [0.5, 0.6) is 0 Å². The molecular weight excluding hydrogens is 284 g/mol. The number of pyridine rings is 1. The summed E-state index contributed by atoms with van der Waals surface area (Å²) in [5.41, 5.74) is 6.85. The van der Waals surface area contributed by atoms with Crippen LogP contribution in [-0.2, 0) is 6.54 Å². The molecule has 1 aromatic carbocycles. The van der Waals surface area contributed by atoms with Crippen molar-refractivity contribution in [3.8, 4) is 0 Å². The van der Waals surface area contributed by atoms with Gasteiger partial charge in [-0.3, -0.25) is 0 Å². The van der Waals surface area contributed by atoms with Gasteiger partial charge in [-0.2, -0.15) is 0 Å². The first kappa shape index (κ1) is 11.6. The lowest BCUT2D eigenvalue weighted by atomic mass is 10.2. The number of hydrogen-bond donors (Lipinski definition) is 1. The summed E-state index contributed by atoms with van der Waals surface area (Å²) in [5.74, 6) is 0. The number of benzene rings is 1. The second-order valence-corrected chi connectivity index (χ2v) is 5.20. The van der Waals surface area contributed by atoms with Crippen molar-refractivity contribution < 1.29 is 0 Å². The summed E-state index contributed by atoms with van der Waals surface area (Å²) in [4.78, 5) is 5.44. The first-order chi connectivity index (χ1) is 7.79. The van der Waals surface area contributed by atoms with Gasteiger partial charge in [0.1, 0.15) is 5.03 Å². The molecule has 0 atom stereocenters. The van der Waals surface area contributed by atoms with Gasteiger partial charge < -0.3 is 5.73 Å². The highest BCUT2D eigenvalue weighted by molar-refractivity contribution is 9.10. The zero-order valence-electron chi connectivity index (χ0n) is 8.56. The minimum Gasteiger partial charge on any atom is -0.326 e. The van der Waals surface area contributed by atoms with Crippen LogP contribution in [0.1, 0.15) is 5.56 Å². The second kappa shape index (κ2) is 5.48. The Bertz CT molecular complexity index is 474. The van der Waals surface area contributed by atoms with Crippen molar-refractivity contribution in [1.82, 2.24) is 4.98 Å². The standard InChI is InChI=1S/C12H11BrN2S/c13-10-4-5-11(9(7-10)8-14)16-12-3-1-2-6-15-12/h1-7H,8,14H2. The fourth-order valence-corrected chi connectivity index (χ4v) is 2.63. The Labute approximate surface area is 107 Å². The van der Waals surface area contributed by atoms with Gasteiger partial charge in [-0.15, -0.1) is 0 Å². The number of rotatable bonds is 3. The largest absolute Gasteiger partial charge is 0.326 e. The van der Waals surface area contributed by atoms with E-state index in [4.69, 9.17) is 5.73 Å². The zero-order valence-corrected chi connectivity index (χ0v) is 11.0. The van der Waals surface area contributed by atoms with E-state index in [1.807, 2.05) is 30.3 Å². The van der Waals surface area contributed by atoms with Crippen LogP contribution in [-0.4, -0.2) is 4.98 Å². The Morgan fingerprint density at radius 2 is 2.12 bits per heavy atom. The molecule has 0 unspecified atom stereocenters. The first-order valence-corrected chi connectivity index (χ1v) is 6.48. The Morgan fingerprint density at radius 1 is 1.25 bits per heavy atom. The molecule has 0 aliphatic heterocycles. The highest BCUT2D eigenvalue weighted by Crippen LogP contribution is 2.30. The molecule has 0 fully saturated rings. The van der Waals surface area contributed by atoms with E-state index in [2.05, 4.69) is 27.0 Å². The minimum absolute atomic E-state index is 0.536. The van der Waals surface area contributed by atoms with E-state index in [0.717, 1.165) is 20.0 Å². The molecule has 82 valence electrons. The Kier molecular flexibility index (Phi) is 3.98. The molecule has 0 radical (unpaired) electrons. The molecule has 2 rings (SSSR count). The zero-order chi connectivity index (χ0) is 11.4. The van der Waals surface area contributed by atoms with E-state index < -0.39 is 0 Å². The SMILES string of the molecule is NCc1cc(Br)ccc1Sc1ccccn1. The summed E-state index contributed by atoms with van der Waals surface area (Å²) in [6.07, 6.45) is 1.79. The number of aromatic nitrogens is 1. The molecule has 0 spiro atoms. The average molecular weight is 295 g/mol. The fraction of sp³-hybridized carbons (Fsp3) is 0.0833. The van der Waals surface area contributed by atoms with Gasteiger partial charge in [0.2, 0.25) is 0 Å². The van der Waals surface area contributed by atoms with Crippen molar-refractivity contribution in [3.63, 3.8) is 0 Å². The van der Waals surface area contributed by atoms with E-state index in [9.17, 15) is 0 Å². The quantitative estimate of drug-likeness (QED) is 0.942. The van der Waals surface area contributed by atoms with Crippen LogP contribution in [0, 0.1) is 0 Å². The Balaban J connectivity index is 2.28. The molecule has 1 aromatic heterocycles. The molecule has 2 nitrogen and oxygen atoms in total. The highest BCUT2D eigenvalue weighted by atomic mass is 79.9. The molecular formula is C12H11BrN2S. The average Bonchev–Trinajstić information content (AvgIpc) is 2.33. The van der Waals surface area contributed by atoms with E-state index in [-0.39, 0.29) is 0 Å². The van der Waals surface area contributed by atoms with Gasteiger partial charge in [0.05, 0.1) is 0 Å². The molecule has 0 saturated carbocycles. The lowest BCUT2D eigenvalue weighted by molar-refractivity contribution is 1.02. The number of halogens is 1. The van der Waals surface area contributed by atoms with E-state index in [1.54, 1.807) is 18.0 Å². The maximum absolute atomic E-state index is 5.72. The number of nitrogens with zero attached hydrogens (tertiary/aromatic N) is 1. The number of hydrogen-bond acceptors (Lipinski definition) is 3. The summed E-state index contributed by atoms with van der Waals surface area (Å²) in [5, 5.41) is 0.986. The molecule has 1 heterocycles.